The van der Waals surface area contributed by atoms with Crippen LogP contribution in [-0.4, -0.2) is 22.7 Å². The number of carboxylic acids is 1. The monoisotopic (exact) mass is 277 g/mol. The number of carboxylic acid groups (broad SMARTS) is 1. The number of hydrogen-bond acceptors (Lipinski definition) is 3. The number of fused-ring (bicyclic) bond motifs is 1. The van der Waals surface area contributed by atoms with Gasteiger partial charge in [-0.3, -0.25) is 4.79 Å². The summed E-state index contributed by atoms with van der Waals surface area (Å²) in [5.74, 6) is 0.131. The van der Waals surface area contributed by atoms with Gasteiger partial charge in [0.05, 0.1) is 0 Å². The van der Waals surface area contributed by atoms with Crippen molar-refractivity contribution in [2.45, 2.75) is 58.2 Å². The third kappa shape index (κ3) is 3.31. The molecule has 1 unspecified atom stereocenters. The highest BCUT2D eigenvalue weighted by Gasteiger charge is 2.31. The van der Waals surface area contributed by atoms with Crippen molar-refractivity contribution in [2.75, 3.05) is 0 Å². The lowest BCUT2D eigenvalue weighted by molar-refractivity contribution is -0.139. The summed E-state index contributed by atoms with van der Waals surface area (Å²) in [5, 5.41) is 12.3. The molecule has 1 aromatic carbocycles. The van der Waals surface area contributed by atoms with E-state index in [0.29, 0.717) is 13.0 Å². The molecular weight excluding hydrogens is 254 g/mol. The first-order chi connectivity index (χ1) is 9.43. The molecule has 0 spiro atoms. The fourth-order valence-corrected chi connectivity index (χ4v) is 2.65. The van der Waals surface area contributed by atoms with Crippen molar-refractivity contribution in [3.63, 3.8) is 0 Å². The molecule has 0 saturated carbocycles. The molecule has 4 heteroatoms. The van der Waals surface area contributed by atoms with Gasteiger partial charge in [0.2, 0.25) is 0 Å². The molecular formula is C16H23NO3. The van der Waals surface area contributed by atoms with Crippen molar-refractivity contribution >= 4 is 5.97 Å². The van der Waals surface area contributed by atoms with E-state index >= 15 is 0 Å². The summed E-state index contributed by atoms with van der Waals surface area (Å²) in [7, 11) is 0. The van der Waals surface area contributed by atoms with Crippen LogP contribution in [0.2, 0.25) is 0 Å². The average Bonchev–Trinajstić information content (AvgIpc) is 2.68. The molecule has 1 aromatic rings. The lowest BCUT2D eigenvalue weighted by atomic mass is 10.0. The number of benzene rings is 1. The largest absolute Gasteiger partial charge is 0.487 e. The summed E-state index contributed by atoms with van der Waals surface area (Å²) in [5.41, 5.74) is 2.07. The van der Waals surface area contributed by atoms with Gasteiger partial charge in [-0.05, 0) is 25.8 Å². The maximum Gasteiger partial charge on any atom is 0.320 e. The van der Waals surface area contributed by atoms with Crippen LogP contribution >= 0.6 is 0 Å². The molecule has 0 fully saturated rings. The number of carbonyl (C=O) groups is 1. The van der Waals surface area contributed by atoms with Crippen LogP contribution in [0.4, 0.5) is 0 Å². The Hall–Kier alpha value is -1.55. The predicted octanol–water partition coefficient (Wildman–Crippen LogP) is 2.74. The first-order valence-electron chi connectivity index (χ1n) is 7.19. The summed E-state index contributed by atoms with van der Waals surface area (Å²) in [6.07, 6.45) is 2.38. The van der Waals surface area contributed by atoms with E-state index in [-0.39, 0.29) is 5.60 Å². The molecule has 110 valence electrons. The molecule has 1 heterocycles. The average molecular weight is 277 g/mol. The molecule has 0 aromatic heterocycles. The van der Waals surface area contributed by atoms with Gasteiger partial charge >= 0.3 is 5.97 Å². The number of nitrogens with one attached hydrogen (secondary N) is 1. The molecule has 1 aliphatic heterocycles. The Morgan fingerprint density at radius 3 is 2.90 bits per heavy atom. The molecule has 2 N–H and O–H groups in total. The Labute approximate surface area is 120 Å². The van der Waals surface area contributed by atoms with Crippen LogP contribution in [0.3, 0.4) is 0 Å². The minimum Gasteiger partial charge on any atom is -0.487 e. The highest BCUT2D eigenvalue weighted by Crippen LogP contribution is 2.37. The highest BCUT2D eigenvalue weighted by molar-refractivity contribution is 5.73. The molecule has 0 aliphatic carbocycles. The fraction of sp³-hybridized carbons (Fsp3) is 0.562. The normalized spacial score (nSPS) is 17.4. The van der Waals surface area contributed by atoms with Crippen LogP contribution in [0.25, 0.3) is 0 Å². The van der Waals surface area contributed by atoms with E-state index in [0.717, 1.165) is 24.2 Å². The van der Waals surface area contributed by atoms with Gasteiger partial charge in [0.15, 0.2) is 0 Å². The van der Waals surface area contributed by atoms with Crippen molar-refractivity contribution < 1.29 is 14.6 Å². The number of ether oxygens (including phenoxy) is 1. The Kier molecular flexibility index (Phi) is 4.33. The van der Waals surface area contributed by atoms with Crippen molar-refractivity contribution in [3.05, 3.63) is 29.3 Å². The van der Waals surface area contributed by atoms with Gasteiger partial charge in [-0.25, -0.2) is 0 Å². The third-order valence-electron chi connectivity index (χ3n) is 3.59. The topological polar surface area (TPSA) is 58.6 Å². The van der Waals surface area contributed by atoms with Gasteiger partial charge in [-0.1, -0.05) is 31.5 Å². The van der Waals surface area contributed by atoms with Crippen LogP contribution < -0.4 is 10.1 Å². The zero-order chi connectivity index (χ0) is 14.8. The van der Waals surface area contributed by atoms with E-state index in [1.165, 1.54) is 5.56 Å². The maximum absolute atomic E-state index is 11.2. The molecule has 2 rings (SSSR count). The Morgan fingerprint density at radius 1 is 1.50 bits per heavy atom. The van der Waals surface area contributed by atoms with Crippen molar-refractivity contribution in [1.82, 2.24) is 5.32 Å². The minimum atomic E-state index is -0.791. The van der Waals surface area contributed by atoms with Gasteiger partial charge in [0.1, 0.15) is 17.4 Å². The Bertz CT molecular complexity index is 496. The predicted molar refractivity (Wildman–Crippen MR) is 78.0 cm³/mol. The zero-order valence-corrected chi connectivity index (χ0v) is 12.4. The lowest BCUT2D eigenvalue weighted by Crippen LogP contribution is -2.36. The van der Waals surface area contributed by atoms with Gasteiger partial charge in [0.25, 0.3) is 0 Å². The number of hydrogen-bond donors (Lipinski definition) is 2. The van der Waals surface area contributed by atoms with Gasteiger partial charge in [-0.15, -0.1) is 0 Å². The smallest absolute Gasteiger partial charge is 0.320 e. The molecule has 4 nitrogen and oxygen atoms in total. The quantitative estimate of drug-likeness (QED) is 0.839. The molecule has 20 heavy (non-hydrogen) atoms. The van der Waals surface area contributed by atoms with Crippen molar-refractivity contribution in [1.29, 1.82) is 0 Å². The van der Waals surface area contributed by atoms with E-state index in [1.807, 2.05) is 19.1 Å². The summed E-state index contributed by atoms with van der Waals surface area (Å²) in [4.78, 5) is 11.2. The molecule has 0 bridgehead atoms. The minimum absolute atomic E-state index is 0.173. The van der Waals surface area contributed by atoms with Crippen LogP contribution in [0.1, 0.15) is 44.7 Å². The second kappa shape index (κ2) is 5.83. The first-order valence-corrected chi connectivity index (χ1v) is 7.19. The summed E-state index contributed by atoms with van der Waals surface area (Å²) in [6.45, 7) is 6.66. The molecule has 0 amide bonds. The molecule has 1 atom stereocenters. The fourth-order valence-electron chi connectivity index (χ4n) is 2.65. The maximum atomic E-state index is 11.2. The highest BCUT2D eigenvalue weighted by atomic mass is 16.5. The number of rotatable bonds is 6. The standard InChI is InChI=1S/C16H23NO3/c1-4-6-13(15(18)19)17-10-12-8-5-7-11-9-16(2,3)20-14(11)12/h5,7-8,13,17H,4,6,9-10H2,1-3H3,(H,18,19). The Morgan fingerprint density at radius 2 is 2.25 bits per heavy atom. The lowest BCUT2D eigenvalue weighted by Gasteiger charge is -2.19. The third-order valence-corrected chi connectivity index (χ3v) is 3.59. The second-order valence-electron chi connectivity index (χ2n) is 6.00. The SMILES string of the molecule is CCCC(NCc1cccc2c1OC(C)(C)C2)C(=O)O. The van der Waals surface area contributed by atoms with Crippen molar-refractivity contribution in [3.8, 4) is 5.75 Å². The number of aliphatic carboxylic acids is 1. The van der Waals surface area contributed by atoms with E-state index < -0.39 is 12.0 Å². The molecule has 1 aliphatic rings. The van der Waals surface area contributed by atoms with Crippen LogP contribution in [0, 0.1) is 0 Å². The summed E-state index contributed by atoms with van der Waals surface area (Å²) >= 11 is 0. The van der Waals surface area contributed by atoms with Crippen LogP contribution in [0.5, 0.6) is 5.75 Å². The number of para-hydroxylation sites is 1. The van der Waals surface area contributed by atoms with E-state index in [1.54, 1.807) is 0 Å². The second-order valence-corrected chi connectivity index (χ2v) is 6.00. The summed E-state index contributed by atoms with van der Waals surface area (Å²) < 4.78 is 5.99. The van der Waals surface area contributed by atoms with Crippen LogP contribution in [0.15, 0.2) is 18.2 Å². The van der Waals surface area contributed by atoms with Gasteiger partial charge in [-0.2, -0.15) is 0 Å². The van der Waals surface area contributed by atoms with Crippen LogP contribution in [-0.2, 0) is 17.8 Å². The Balaban J connectivity index is 2.08. The van der Waals surface area contributed by atoms with E-state index in [9.17, 15) is 4.79 Å². The molecule has 0 saturated heterocycles. The van der Waals surface area contributed by atoms with Crippen molar-refractivity contribution in [2.24, 2.45) is 0 Å². The zero-order valence-electron chi connectivity index (χ0n) is 12.4. The molecule has 0 radical (unpaired) electrons. The first kappa shape index (κ1) is 14.9. The van der Waals surface area contributed by atoms with Gasteiger partial charge in [0, 0.05) is 18.5 Å². The van der Waals surface area contributed by atoms with E-state index in [2.05, 4.69) is 25.2 Å². The summed E-state index contributed by atoms with van der Waals surface area (Å²) in [6, 6.07) is 5.59. The van der Waals surface area contributed by atoms with E-state index in [4.69, 9.17) is 9.84 Å². The van der Waals surface area contributed by atoms with Gasteiger partial charge < -0.3 is 15.2 Å².